The molecule has 2 aromatic rings. The number of amides is 1. The highest BCUT2D eigenvalue weighted by atomic mass is 16.5. The van der Waals surface area contributed by atoms with E-state index in [2.05, 4.69) is 50.4 Å². The normalized spacial score (nSPS) is 16.7. The maximum atomic E-state index is 12.9. The Kier molecular flexibility index (Phi) is 6.30. The monoisotopic (exact) mass is 367 g/mol. The lowest BCUT2D eigenvalue weighted by atomic mass is 9.86. The lowest BCUT2D eigenvalue weighted by Crippen LogP contribution is -3.14. The highest BCUT2D eigenvalue weighted by Crippen LogP contribution is 2.22. The van der Waals surface area contributed by atoms with Gasteiger partial charge in [0.15, 0.2) is 0 Å². The number of hydrogen-bond acceptors (Lipinski definition) is 2. The molecule has 0 unspecified atom stereocenters. The van der Waals surface area contributed by atoms with Crippen molar-refractivity contribution in [1.29, 1.82) is 0 Å². The summed E-state index contributed by atoms with van der Waals surface area (Å²) in [6, 6.07) is 18.2. The molecule has 0 spiro atoms. The Hall–Kier alpha value is -2.17. The number of ether oxygens (including phenoxy) is 1. The van der Waals surface area contributed by atoms with Crippen molar-refractivity contribution in [2.45, 2.75) is 32.2 Å². The van der Waals surface area contributed by atoms with E-state index in [1.54, 1.807) is 0 Å². The van der Waals surface area contributed by atoms with Crippen LogP contribution in [0.5, 0.6) is 0 Å². The van der Waals surface area contributed by atoms with Crippen LogP contribution in [-0.4, -0.2) is 38.8 Å². The number of morpholine rings is 1. The van der Waals surface area contributed by atoms with Crippen LogP contribution in [-0.2, 0) is 10.2 Å². The van der Waals surface area contributed by atoms with Crippen molar-refractivity contribution < 1.29 is 14.4 Å². The van der Waals surface area contributed by atoms with E-state index in [4.69, 9.17) is 4.74 Å². The van der Waals surface area contributed by atoms with Gasteiger partial charge in [-0.1, -0.05) is 63.2 Å². The molecule has 1 amide bonds. The molecule has 3 rings (SSSR count). The van der Waals surface area contributed by atoms with Crippen LogP contribution in [0.25, 0.3) is 0 Å². The number of hydrogen-bond donors (Lipinski definition) is 2. The second kappa shape index (κ2) is 8.68. The fraction of sp³-hybridized carbons (Fsp3) is 0.435. The maximum absolute atomic E-state index is 12.9. The molecule has 0 aromatic heterocycles. The summed E-state index contributed by atoms with van der Waals surface area (Å²) in [5, 5.41) is 3.25. The topological polar surface area (TPSA) is 42.8 Å². The molecule has 0 radical (unpaired) electrons. The fourth-order valence-corrected chi connectivity index (χ4v) is 3.45. The Labute approximate surface area is 162 Å². The third-order valence-electron chi connectivity index (χ3n) is 5.21. The third kappa shape index (κ3) is 5.41. The molecule has 1 saturated heterocycles. The molecule has 2 aromatic carbocycles. The maximum Gasteiger partial charge on any atom is 0.251 e. The summed E-state index contributed by atoms with van der Waals surface area (Å²) in [6.07, 6.45) is 0. The summed E-state index contributed by atoms with van der Waals surface area (Å²) < 4.78 is 5.47. The second-order valence-corrected chi connectivity index (χ2v) is 8.33. The van der Waals surface area contributed by atoms with Crippen LogP contribution < -0.4 is 10.2 Å². The van der Waals surface area contributed by atoms with E-state index in [0.717, 1.165) is 38.4 Å². The molecule has 2 N–H and O–H groups in total. The zero-order valence-electron chi connectivity index (χ0n) is 16.6. The number of carbonyl (C=O) groups excluding carboxylic acids is 1. The van der Waals surface area contributed by atoms with E-state index >= 15 is 0 Å². The van der Waals surface area contributed by atoms with Crippen LogP contribution in [0.15, 0.2) is 54.6 Å². The second-order valence-electron chi connectivity index (χ2n) is 8.33. The van der Waals surface area contributed by atoms with Crippen molar-refractivity contribution in [1.82, 2.24) is 5.32 Å². The minimum atomic E-state index is -0.0167. The van der Waals surface area contributed by atoms with Crippen molar-refractivity contribution in [2.24, 2.45) is 0 Å². The Morgan fingerprint density at radius 1 is 1.04 bits per heavy atom. The average Bonchev–Trinajstić information content (AvgIpc) is 2.68. The van der Waals surface area contributed by atoms with E-state index in [9.17, 15) is 4.79 Å². The number of quaternary nitrogens is 1. The molecule has 1 atom stereocenters. The molecule has 1 aliphatic rings. The van der Waals surface area contributed by atoms with Crippen LogP contribution >= 0.6 is 0 Å². The molecule has 0 bridgehead atoms. The Morgan fingerprint density at radius 3 is 2.26 bits per heavy atom. The van der Waals surface area contributed by atoms with Crippen molar-refractivity contribution in [3.63, 3.8) is 0 Å². The zero-order chi connectivity index (χ0) is 19.3. The van der Waals surface area contributed by atoms with Gasteiger partial charge >= 0.3 is 0 Å². The van der Waals surface area contributed by atoms with Gasteiger partial charge in [0.05, 0.1) is 13.2 Å². The van der Waals surface area contributed by atoms with E-state index in [0.29, 0.717) is 5.56 Å². The van der Waals surface area contributed by atoms with Crippen LogP contribution in [0.1, 0.15) is 48.3 Å². The molecular formula is C23H31N2O2+. The minimum Gasteiger partial charge on any atom is -0.370 e. The highest BCUT2D eigenvalue weighted by molar-refractivity contribution is 5.94. The fourth-order valence-electron chi connectivity index (χ4n) is 3.45. The SMILES string of the molecule is CC(C)(C)c1ccc(C(=O)N[C@H](C[NH+]2CCOCC2)c2ccccc2)cc1. The molecule has 1 aliphatic heterocycles. The summed E-state index contributed by atoms with van der Waals surface area (Å²) in [4.78, 5) is 14.4. The van der Waals surface area contributed by atoms with Crippen molar-refractivity contribution in [3.8, 4) is 0 Å². The molecule has 4 heteroatoms. The summed E-state index contributed by atoms with van der Waals surface area (Å²) >= 11 is 0. The van der Waals surface area contributed by atoms with E-state index < -0.39 is 0 Å². The van der Waals surface area contributed by atoms with Crippen molar-refractivity contribution in [3.05, 3.63) is 71.3 Å². The first-order valence-corrected chi connectivity index (χ1v) is 9.81. The number of benzene rings is 2. The summed E-state index contributed by atoms with van der Waals surface area (Å²) in [5.74, 6) is -0.0167. The summed E-state index contributed by atoms with van der Waals surface area (Å²) in [5.41, 5.74) is 3.18. The van der Waals surface area contributed by atoms with E-state index in [-0.39, 0.29) is 17.4 Å². The van der Waals surface area contributed by atoms with Crippen LogP contribution in [0.4, 0.5) is 0 Å². The van der Waals surface area contributed by atoms with Gasteiger partial charge in [-0.2, -0.15) is 0 Å². The Balaban J connectivity index is 1.73. The largest absolute Gasteiger partial charge is 0.370 e. The van der Waals surface area contributed by atoms with Crippen LogP contribution in [0, 0.1) is 0 Å². The molecule has 0 saturated carbocycles. The van der Waals surface area contributed by atoms with E-state index in [1.165, 1.54) is 10.5 Å². The summed E-state index contributed by atoms with van der Waals surface area (Å²) in [6.45, 7) is 11.0. The molecule has 1 fully saturated rings. The van der Waals surface area contributed by atoms with Gasteiger partial charge in [0.25, 0.3) is 5.91 Å². The van der Waals surface area contributed by atoms with Crippen LogP contribution in [0.3, 0.4) is 0 Å². The molecule has 144 valence electrons. The third-order valence-corrected chi connectivity index (χ3v) is 5.21. The van der Waals surface area contributed by atoms with Gasteiger partial charge in [0, 0.05) is 5.56 Å². The first-order valence-electron chi connectivity index (χ1n) is 9.81. The highest BCUT2D eigenvalue weighted by Gasteiger charge is 2.23. The first-order chi connectivity index (χ1) is 12.9. The average molecular weight is 368 g/mol. The summed E-state index contributed by atoms with van der Waals surface area (Å²) in [7, 11) is 0. The van der Waals surface area contributed by atoms with Crippen molar-refractivity contribution in [2.75, 3.05) is 32.8 Å². The quantitative estimate of drug-likeness (QED) is 0.852. The van der Waals surface area contributed by atoms with Gasteiger partial charge in [-0.15, -0.1) is 0 Å². The van der Waals surface area contributed by atoms with Gasteiger partial charge in [-0.3, -0.25) is 4.79 Å². The first kappa shape index (κ1) is 19.6. The van der Waals surface area contributed by atoms with Gasteiger partial charge in [-0.25, -0.2) is 0 Å². The van der Waals surface area contributed by atoms with Crippen molar-refractivity contribution >= 4 is 5.91 Å². The minimum absolute atomic E-state index is 0.00547. The predicted octanol–water partition coefficient (Wildman–Crippen LogP) is 2.37. The number of carbonyl (C=O) groups is 1. The molecule has 1 heterocycles. The molecule has 4 nitrogen and oxygen atoms in total. The standard InChI is InChI=1S/C23H30N2O2/c1-23(2,3)20-11-9-19(10-12-20)22(26)24-21(18-7-5-4-6-8-18)17-25-13-15-27-16-14-25/h4-12,21H,13-17H2,1-3H3,(H,24,26)/p+1/t21-/m1/s1. The van der Waals surface area contributed by atoms with Gasteiger partial charge in [0.2, 0.25) is 0 Å². The predicted molar refractivity (Wildman–Crippen MR) is 108 cm³/mol. The van der Waals surface area contributed by atoms with Gasteiger partial charge < -0.3 is 15.0 Å². The van der Waals surface area contributed by atoms with Crippen LogP contribution in [0.2, 0.25) is 0 Å². The number of nitrogens with one attached hydrogen (secondary N) is 2. The Morgan fingerprint density at radius 2 is 1.67 bits per heavy atom. The zero-order valence-corrected chi connectivity index (χ0v) is 16.6. The lowest BCUT2D eigenvalue weighted by Gasteiger charge is -2.28. The van der Waals surface area contributed by atoms with Gasteiger partial charge in [-0.05, 0) is 28.7 Å². The van der Waals surface area contributed by atoms with Gasteiger partial charge in [0.1, 0.15) is 25.7 Å². The lowest BCUT2D eigenvalue weighted by molar-refractivity contribution is -0.909. The molecular weight excluding hydrogens is 336 g/mol. The Bertz CT molecular complexity index is 729. The molecule has 27 heavy (non-hydrogen) atoms. The number of rotatable bonds is 5. The molecule has 0 aliphatic carbocycles. The van der Waals surface area contributed by atoms with E-state index in [1.807, 2.05) is 30.3 Å². The smallest absolute Gasteiger partial charge is 0.251 e.